The minimum atomic E-state index is 0.776. The van der Waals surface area contributed by atoms with Gasteiger partial charge in [0.15, 0.2) is 0 Å². The van der Waals surface area contributed by atoms with E-state index in [2.05, 4.69) is 42.7 Å². The van der Waals surface area contributed by atoms with E-state index in [1.54, 1.807) is 0 Å². The first kappa shape index (κ1) is 15.7. The molecule has 1 heterocycles. The Labute approximate surface area is 124 Å². The highest BCUT2D eigenvalue weighted by Crippen LogP contribution is 2.35. The molecule has 0 aromatic heterocycles. The van der Waals surface area contributed by atoms with Gasteiger partial charge in [-0.25, -0.2) is 0 Å². The monoisotopic (exact) mass is 284 g/mol. The molecule has 1 saturated carbocycles. The number of rotatable bonds is 7. The summed E-state index contributed by atoms with van der Waals surface area (Å²) in [6.07, 6.45) is 5.76. The number of nitrogens with zero attached hydrogens (tertiary/aromatic N) is 1. The molecule has 1 aliphatic carbocycles. The Morgan fingerprint density at radius 1 is 1.26 bits per heavy atom. The zero-order valence-electron chi connectivity index (χ0n) is 13.0. The predicted octanol–water partition coefficient (Wildman–Crippen LogP) is 3.23. The van der Waals surface area contributed by atoms with E-state index in [-0.39, 0.29) is 0 Å². The SMILES string of the molecule is CCSC1CCCC1N1CCC(CNCC(C)C)C1. The molecule has 0 spiro atoms. The summed E-state index contributed by atoms with van der Waals surface area (Å²) < 4.78 is 0. The van der Waals surface area contributed by atoms with E-state index >= 15 is 0 Å². The van der Waals surface area contributed by atoms with Gasteiger partial charge < -0.3 is 5.32 Å². The molecule has 3 heteroatoms. The van der Waals surface area contributed by atoms with Gasteiger partial charge in [-0.1, -0.05) is 27.2 Å². The van der Waals surface area contributed by atoms with Crippen LogP contribution in [0.3, 0.4) is 0 Å². The lowest BCUT2D eigenvalue weighted by molar-refractivity contribution is 0.240. The number of thioether (sulfide) groups is 1. The van der Waals surface area contributed by atoms with E-state index in [9.17, 15) is 0 Å². The molecule has 0 aromatic rings. The summed E-state index contributed by atoms with van der Waals surface area (Å²) in [6.45, 7) is 12.0. The molecule has 2 fully saturated rings. The second-order valence-electron chi connectivity index (χ2n) is 6.69. The van der Waals surface area contributed by atoms with Gasteiger partial charge in [0, 0.05) is 17.8 Å². The highest BCUT2D eigenvalue weighted by Gasteiger charge is 2.35. The summed E-state index contributed by atoms with van der Waals surface area (Å²) in [4.78, 5) is 2.81. The van der Waals surface area contributed by atoms with Crippen LogP contribution in [-0.4, -0.2) is 48.1 Å². The van der Waals surface area contributed by atoms with Crippen LogP contribution in [0, 0.1) is 11.8 Å². The first-order valence-corrected chi connectivity index (χ1v) is 9.32. The Kier molecular flexibility index (Phi) is 6.51. The molecule has 1 saturated heterocycles. The lowest BCUT2D eigenvalue weighted by Gasteiger charge is -2.29. The van der Waals surface area contributed by atoms with Gasteiger partial charge in [0.2, 0.25) is 0 Å². The van der Waals surface area contributed by atoms with Gasteiger partial charge in [0.05, 0.1) is 0 Å². The van der Waals surface area contributed by atoms with Crippen molar-refractivity contribution in [2.24, 2.45) is 11.8 Å². The maximum Gasteiger partial charge on any atom is 0.0214 e. The van der Waals surface area contributed by atoms with Crippen LogP contribution in [0.2, 0.25) is 0 Å². The van der Waals surface area contributed by atoms with E-state index in [0.29, 0.717) is 0 Å². The largest absolute Gasteiger partial charge is 0.316 e. The van der Waals surface area contributed by atoms with E-state index in [4.69, 9.17) is 0 Å². The topological polar surface area (TPSA) is 15.3 Å². The summed E-state index contributed by atoms with van der Waals surface area (Å²) in [5.41, 5.74) is 0. The van der Waals surface area contributed by atoms with Crippen molar-refractivity contribution in [3.8, 4) is 0 Å². The van der Waals surface area contributed by atoms with Gasteiger partial charge in [-0.2, -0.15) is 11.8 Å². The van der Waals surface area contributed by atoms with Crippen LogP contribution < -0.4 is 5.32 Å². The third-order valence-corrected chi connectivity index (χ3v) is 5.88. The fourth-order valence-electron chi connectivity index (χ4n) is 3.64. The predicted molar refractivity (Wildman–Crippen MR) is 86.9 cm³/mol. The summed E-state index contributed by atoms with van der Waals surface area (Å²) in [5.74, 6) is 2.96. The summed E-state index contributed by atoms with van der Waals surface area (Å²) >= 11 is 2.20. The molecule has 0 aromatic carbocycles. The van der Waals surface area contributed by atoms with Crippen molar-refractivity contribution in [1.29, 1.82) is 0 Å². The number of hydrogen-bond acceptors (Lipinski definition) is 3. The Balaban J connectivity index is 1.71. The van der Waals surface area contributed by atoms with Crippen LogP contribution >= 0.6 is 11.8 Å². The van der Waals surface area contributed by atoms with Gasteiger partial charge >= 0.3 is 0 Å². The Bertz CT molecular complexity index is 257. The van der Waals surface area contributed by atoms with E-state index < -0.39 is 0 Å². The summed E-state index contributed by atoms with van der Waals surface area (Å²) in [5, 5.41) is 4.57. The van der Waals surface area contributed by atoms with Crippen LogP contribution in [0.1, 0.15) is 46.5 Å². The molecule has 0 amide bonds. The molecule has 1 N–H and O–H groups in total. The number of nitrogens with one attached hydrogen (secondary N) is 1. The van der Waals surface area contributed by atoms with Gasteiger partial charge in [-0.15, -0.1) is 0 Å². The lowest BCUT2D eigenvalue weighted by atomic mass is 10.1. The maximum atomic E-state index is 3.64. The maximum absolute atomic E-state index is 3.64. The molecule has 0 radical (unpaired) electrons. The smallest absolute Gasteiger partial charge is 0.0214 e. The number of likely N-dealkylation sites (tertiary alicyclic amines) is 1. The number of hydrogen-bond donors (Lipinski definition) is 1. The first-order chi connectivity index (χ1) is 9.20. The molecule has 2 aliphatic rings. The minimum Gasteiger partial charge on any atom is -0.316 e. The van der Waals surface area contributed by atoms with Crippen molar-refractivity contribution in [3.63, 3.8) is 0 Å². The Morgan fingerprint density at radius 3 is 2.84 bits per heavy atom. The molecule has 1 aliphatic heterocycles. The zero-order valence-corrected chi connectivity index (χ0v) is 13.8. The molecule has 19 heavy (non-hydrogen) atoms. The van der Waals surface area contributed by atoms with Crippen molar-refractivity contribution in [2.45, 2.75) is 57.7 Å². The molecular formula is C16H32N2S. The molecule has 2 rings (SSSR count). The molecule has 3 atom stereocenters. The second-order valence-corrected chi connectivity index (χ2v) is 8.21. The third-order valence-electron chi connectivity index (χ3n) is 4.57. The van der Waals surface area contributed by atoms with E-state index in [0.717, 1.165) is 23.1 Å². The normalized spacial score (nSPS) is 32.5. The van der Waals surface area contributed by atoms with Crippen molar-refractivity contribution < 1.29 is 0 Å². The van der Waals surface area contributed by atoms with Gasteiger partial charge in [-0.05, 0) is 56.5 Å². The van der Waals surface area contributed by atoms with Crippen molar-refractivity contribution in [2.75, 3.05) is 31.9 Å². The minimum absolute atomic E-state index is 0.776. The average Bonchev–Trinajstić information content (AvgIpc) is 2.97. The quantitative estimate of drug-likeness (QED) is 0.773. The fourth-order valence-corrected chi connectivity index (χ4v) is 4.93. The van der Waals surface area contributed by atoms with Crippen LogP contribution in [0.4, 0.5) is 0 Å². The molecule has 3 unspecified atom stereocenters. The molecule has 112 valence electrons. The van der Waals surface area contributed by atoms with Crippen LogP contribution in [0.15, 0.2) is 0 Å². The Hall–Kier alpha value is 0.270. The van der Waals surface area contributed by atoms with Crippen molar-refractivity contribution >= 4 is 11.8 Å². The van der Waals surface area contributed by atoms with Crippen LogP contribution in [0.5, 0.6) is 0 Å². The standard InChI is InChI=1S/C16H32N2S/c1-4-19-16-7-5-6-15(16)18-9-8-14(12-18)11-17-10-13(2)3/h13-17H,4-12H2,1-3H3. The molecule has 2 nitrogen and oxygen atoms in total. The first-order valence-electron chi connectivity index (χ1n) is 8.27. The fraction of sp³-hybridized carbons (Fsp3) is 1.00. The van der Waals surface area contributed by atoms with Gasteiger partial charge in [0.25, 0.3) is 0 Å². The van der Waals surface area contributed by atoms with E-state index in [1.807, 2.05) is 0 Å². The average molecular weight is 285 g/mol. The van der Waals surface area contributed by atoms with Crippen molar-refractivity contribution in [1.82, 2.24) is 10.2 Å². The zero-order chi connectivity index (χ0) is 13.7. The highest BCUT2D eigenvalue weighted by molar-refractivity contribution is 7.99. The van der Waals surface area contributed by atoms with Crippen LogP contribution in [0.25, 0.3) is 0 Å². The summed E-state index contributed by atoms with van der Waals surface area (Å²) in [7, 11) is 0. The van der Waals surface area contributed by atoms with Gasteiger partial charge in [-0.3, -0.25) is 4.90 Å². The van der Waals surface area contributed by atoms with E-state index in [1.165, 1.54) is 57.6 Å². The highest BCUT2D eigenvalue weighted by atomic mass is 32.2. The molecular weight excluding hydrogens is 252 g/mol. The third kappa shape index (κ3) is 4.64. The lowest BCUT2D eigenvalue weighted by Crippen LogP contribution is -2.38. The summed E-state index contributed by atoms with van der Waals surface area (Å²) in [6, 6.07) is 0.889. The Morgan fingerprint density at radius 2 is 2.11 bits per heavy atom. The van der Waals surface area contributed by atoms with Crippen LogP contribution in [-0.2, 0) is 0 Å². The van der Waals surface area contributed by atoms with Gasteiger partial charge in [0.1, 0.15) is 0 Å². The van der Waals surface area contributed by atoms with Crippen molar-refractivity contribution in [3.05, 3.63) is 0 Å². The molecule has 0 bridgehead atoms. The second kappa shape index (κ2) is 7.90.